The minimum Gasteiger partial charge on any atom is -0.0654 e. The Labute approximate surface area is 103 Å². The van der Waals surface area contributed by atoms with E-state index in [2.05, 4.69) is 27.7 Å². The Hall–Kier alpha value is 0. The van der Waals surface area contributed by atoms with Crippen molar-refractivity contribution in [3.05, 3.63) is 0 Å². The van der Waals surface area contributed by atoms with Crippen LogP contribution >= 0.6 is 0 Å². The Morgan fingerprint density at radius 3 is 2.06 bits per heavy atom. The fourth-order valence-corrected chi connectivity index (χ4v) is 3.69. The van der Waals surface area contributed by atoms with Gasteiger partial charge in [0.2, 0.25) is 0 Å². The van der Waals surface area contributed by atoms with Crippen LogP contribution < -0.4 is 0 Å². The van der Waals surface area contributed by atoms with E-state index in [1.807, 2.05) is 0 Å². The number of rotatable bonds is 8. The summed E-state index contributed by atoms with van der Waals surface area (Å²) in [4.78, 5) is 0. The van der Waals surface area contributed by atoms with E-state index < -0.39 is 0 Å². The first-order valence-electron chi connectivity index (χ1n) is 7.65. The molecule has 0 aromatic carbocycles. The average molecular weight is 224 g/mol. The monoisotopic (exact) mass is 224 g/mol. The van der Waals surface area contributed by atoms with E-state index in [1.54, 1.807) is 0 Å². The van der Waals surface area contributed by atoms with Crippen molar-refractivity contribution in [1.29, 1.82) is 0 Å². The van der Waals surface area contributed by atoms with Crippen LogP contribution in [0.5, 0.6) is 0 Å². The first-order valence-corrected chi connectivity index (χ1v) is 7.65. The molecule has 1 unspecified atom stereocenters. The SMILES string of the molecule is CCCC(CCC)CC(C)CC1CC(C)C1. The molecule has 16 heavy (non-hydrogen) atoms. The van der Waals surface area contributed by atoms with Gasteiger partial charge in [0.1, 0.15) is 0 Å². The van der Waals surface area contributed by atoms with E-state index in [4.69, 9.17) is 0 Å². The molecule has 1 atom stereocenters. The molecule has 0 spiro atoms. The zero-order chi connectivity index (χ0) is 12.0. The van der Waals surface area contributed by atoms with E-state index in [-0.39, 0.29) is 0 Å². The van der Waals surface area contributed by atoms with Crippen LogP contribution in [0.4, 0.5) is 0 Å². The standard InChI is InChI=1S/C16H32/c1-5-7-15(8-6-2)9-13(3)10-16-11-14(4)12-16/h13-16H,5-12H2,1-4H3. The molecular formula is C16H32. The minimum absolute atomic E-state index is 0.973. The van der Waals surface area contributed by atoms with Crippen LogP contribution in [-0.4, -0.2) is 0 Å². The van der Waals surface area contributed by atoms with Crippen molar-refractivity contribution in [2.45, 2.75) is 79.1 Å². The molecule has 0 aromatic rings. The van der Waals surface area contributed by atoms with Crippen LogP contribution in [0.3, 0.4) is 0 Å². The zero-order valence-corrected chi connectivity index (χ0v) is 12.0. The van der Waals surface area contributed by atoms with Gasteiger partial charge in [-0.3, -0.25) is 0 Å². The van der Waals surface area contributed by atoms with E-state index in [0.29, 0.717) is 0 Å². The van der Waals surface area contributed by atoms with Crippen LogP contribution in [0.25, 0.3) is 0 Å². The lowest BCUT2D eigenvalue weighted by molar-refractivity contribution is 0.165. The second kappa shape index (κ2) is 7.35. The van der Waals surface area contributed by atoms with Crippen LogP contribution in [0, 0.1) is 23.7 Å². The Kier molecular flexibility index (Phi) is 6.46. The number of hydrogen-bond acceptors (Lipinski definition) is 0. The first-order chi connectivity index (χ1) is 7.65. The van der Waals surface area contributed by atoms with E-state index in [1.165, 1.54) is 51.4 Å². The predicted octanol–water partition coefficient (Wildman–Crippen LogP) is 5.67. The smallest absolute Gasteiger partial charge is 0.0407 e. The fourth-order valence-electron chi connectivity index (χ4n) is 3.69. The van der Waals surface area contributed by atoms with E-state index in [9.17, 15) is 0 Å². The van der Waals surface area contributed by atoms with Gasteiger partial charge < -0.3 is 0 Å². The molecule has 0 N–H and O–H groups in total. The Morgan fingerprint density at radius 2 is 1.62 bits per heavy atom. The summed E-state index contributed by atoms with van der Waals surface area (Å²) in [6.07, 6.45) is 11.7. The third-order valence-corrected chi connectivity index (χ3v) is 4.34. The molecule has 96 valence electrons. The molecule has 0 amide bonds. The van der Waals surface area contributed by atoms with Gasteiger partial charge in [-0.05, 0) is 49.4 Å². The highest BCUT2D eigenvalue weighted by Gasteiger charge is 2.27. The Bertz CT molecular complexity index is 161. The van der Waals surface area contributed by atoms with Crippen molar-refractivity contribution in [3.8, 4) is 0 Å². The molecule has 0 heterocycles. The summed E-state index contributed by atoms with van der Waals surface area (Å²) in [5.41, 5.74) is 0. The summed E-state index contributed by atoms with van der Waals surface area (Å²) in [5.74, 6) is 4.09. The molecular weight excluding hydrogens is 192 g/mol. The fraction of sp³-hybridized carbons (Fsp3) is 1.00. The largest absolute Gasteiger partial charge is 0.0654 e. The molecule has 0 heteroatoms. The average Bonchev–Trinajstić information content (AvgIpc) is 2.16. The maximum Gasteiger partial charge on any atom is -0.0407 e. The van der Waals surface area contributed by atoms with Gasteiger partial charge in [-0.25, -0.2) is 0 Å². The van der Waals surface area contributed by atoms with Crippen molar-refractivity contribution in [2.75, 3.05) is 0 Å². The van der Waals surface area contributed by atoms with Crippen LogP contribution in [0.2, 0.25) is 0 Å². The third kappa shape index (κ3) is 4.89. The van der Waals surface area contributed by atoms with Gasteiger partial charge >= 0.3 is 0 Å². The van der Waals surface area contributed by atoms with Gasteiger partial charge in [0.25, 0.3) is 0 Å². The molecule has 1 rings (SSSR count). The minimum atomic E-state index is 0.973. The third-order valence-electron chi connectivity index (χ3n) is 4.34. The van der Waals surface area contributed by atoms with Crippen LogP contribution in [0.1, 0.15) is 79.1 Å². The zero-order valence-electron chi connectivity index (χ0n) is 12.0. The summed E-state index contributed by atoms with van der Waals surface area (Å²) in [5, 5.41) is 0. The van der Waals surface area contributed by atoms with E-state index in [0.717, 1.165) is 23.7 Å². The second-order valence-corrected chi connectivity index (χ2v) is 6.46. The van der Waals surface area contributed by atoms with Crippen molar-refractivity contribution < 1.29 is 0 Å². The highest BCUT2D eigenvalue weighted by Crippen LogP contribution is 2.39. The summed E-state index contributed by atoms with van der Waals surface area (Å²) in [6, 6.07) is 0. The predicted molar refractivity (Wildman–Crippen MR) is 73.6 cm³/mol. The molecule has 1 fully saturated rings. The van der Waals surface area contributed by atoms with Crippen molar-refractivity contribution in [3.63, 3.8) is 0 Å². The highest BCUT2D eigenvalue weighted by molar-refractivity contribution is 4.78. The molecule has 1 aliphatic carbocycles. The summed E-state index contributed by atoms with van der Waals surface area (Å²) >= 11 is 0. The van der Waals surface area contributed by atoms with E-state index >= 15 is 0 Å². The van der Waals surface area contributed by atoms with Crippen molar-refractivity contribution >= 4 is 0 Å². The maximum atomic E-state index is 2.49. The van der Waals surface area contributed by atoms with Crippen molar-refractivity contribution in [2.24, 2.45) is 23.7 Å². The van der Waals surface area contributed by atoms with Gasteiger partial charge in [-0.15, -0.1) is 0 Å². The molecule has 0 aliphatic heterocycles. The lowest BCUT2D eigenvalue weighted by atomic mass is 9.71. The normalized spacial score (nSPS) is 26.8. The van der Waals surface area contributed by atoms with Gasteiger partial charge in [0, 0.05) is 0 Å². The number of hydrogen-bond donors (Lipinski definition) is 0. The molecule has 0 bridgehead atoms. The van der Waals surface area contributed by atoms with Gasteiger partial charge in [0.05, 0.1) is 0 Å². The van der Waals surface area contributed by atoms with Gasteiger partial charge in [-0.1, -0.05) is 53.4 Å². The molecule has 1 saturated carbocycles. The molecule has 0 saturated heterocycles. The van der Waals surface area contributed by atoms with Gasteiger partial charge in [0.15, 0.2) is 0 Å². The summed E-state index contributed by atoms with van der Waals surface area (Å²) < 4.78 is 0. The lowest BCUT2D eigenvalue weighted by Crippen LogP contribution is -2.23. The quantitative estimate of drug-likeness (QED) is 0.498. The first kappa shape index (κ1) is 14.1. The molecule has 0 aromatic heterocycles. The van der Waals surface area contributed by atoms with Crippen LogP contribution in [-0.2, 0) is 0 Å². The lowest BCUT2D eigenvalue weighted by Gasteiger charge is -2.35. The molecule has 1 aliphatic rings. The second-order valence-electron chi connectivity index (χ2n) is 6.46. The van der Waals surface area contributed by atoms with Crippen molar-refractivity contribution in [1.82, 2.24) is 0 Å². The Morgan fingerprint density at radius 1 is 1.06 bits per heavy atom. The summed E-state index contributed by atoms with van der Waals surface area (Å²) in [6.45, 7) is 9.56. The molecule has 0 radical (unpaired) electrons. The highest BCUT2D eigenvalue weighted by atomic mass is 14.3. The maximum absolute atomic E-state index is 2.49. The van der Waals surface area contributed by atoms with Crippen LogP contribution in [0.15, 0.2) is 0 Å². The summed E-state index contributed by atoms with van der Waals surface area (Å²) in [7, 11) is 0. The molecule has 0 nitrogen and oxygen atoms in total. The topological polar surface area (TPSA) is 0 Å². The van der Waals surface area contributed by atoms with Gasteiger partial charge in [-0.2, -0.15) is 0 Å². The Balaban J connectivity index is 2.16.